The molecule has 0 amide bonds. The molecule has 0 fully saturated rings. The molecule has 0 unspecified atom stereocenters. The van der Waals surface area contributed by atoms with Crippen LogP contribution in [-0.4, -0.2) is 23.9 Å². The zero-order valence-corrected chi connectivity index (χ0v) is 9.88. The molecule has 2 aromatic rings. The molecule has 98 valence electrons. The molecule has 0 aliphatic heterocycles. The molecule has 2 N–H and O–H groups in total. The summed E-state index contributed by atoms with van der Waals surface area (Å²) in [5.74, 6) is -0.893. The lowest BCUT2D eigenvalue weighted by atomic mass is 10.2. The van der Waals surface area contributed by atoms with Crippen molar-refractivity contribution in [2.24, 2.45) is 0 Å². The number of carbonyl (C=O) groups excluding carboxylic acids is 1. The van der Waals surface area contributed by atoms with Gasteiger partial charge in [0.05, 0.1) is 6.42 Å². The maximum absolute atomic E-state index is 11.4. The van der Waals surface area contributed by atoms with Crippen LogP contribution in [0.3, 0.4) is 0 Å². The first kappa shape index (κ1) is 12.8. The van der Waals surface area contributed by atoms with E-state index in [1.54, 1.807) is 18.2 Å². The minimum absolute atomic E-state index is 0.00787. The number of aliphatic carboxylic acids is 1. The van der Waals surface area contributed by atoms with E-state index < -0.39 is 11.6 Å². The summed E-state index contributed by atoms with van der Waals surface area (Å²) in [6, 6.07) is 6.45. The summed E-state index contributed by atoms with van der Waals surface area (Å²) < 4.78 is 5.01. The highest BCUT2D eigenvalue weighted by Gasteiger charge is 2.05. The van der Waals surface area contributed by atoms with E-state index in [0.29, 0.717) is 22.9 Å². The van der Waals surface area contributed by atoms with Gasteiger partial charge in [-0.1, -0.05) is 0 Å². The number of rotatable bonds is 5. The Kier molecular flexibility index (Phi) is 3.61. The fourth-order valence-electron chi connectivity index (χ4n) is 1.63. The topological polar surface area (TPSA) is 96.6 Å². The molecule has 1 heterocycles. The number of fused-ring (bicyclic) bond motifs is 1. The van der Waals surface area contributed by atoms with Crippen molar-refractivity contribution in [1.82, 2.24) is 0 Å². The largest absolute Gasteiger partial charge is 0.481 e. The molecular formula is C13H11NO5. The molecule has 0 saturated heterocycles. The third-order valence-electron chi connectivity index (χ3n) is 2.56. The smallest absolute Gasteiger partial charge is 0.346 e. The van der Waals surface area contributed by atoms with Gasteiger partial charge in [0.25, 0.3) is 0 Å². The Balaban J connectivity index is 2.28. The van der Waals surface area contributed by atoms with Gasteiger partial charge in [-0.15, -0.1) is 0 Å². The van der Waals surface area contributed by atoms with E-state index in [9.17, 15) is 14.4 Å². The van der Waals surface area contributed by atoms with Crippen molar-refractivity contribution in [3.63, 3.8) is 0 Å². The molecule has 0 saturated carbocycles. The van der Waals surface area contributed by atoms with Crippen molar-refractivity contribution in [3.8, 4) is 0 Å². The zero-order valence-electron chi connectivity index (χ0n) is 9.88. The van der Waals surface area contributed by atoms with Crippen LogP contribution in [-0.2, 0) is 4.79 Å². The highest BCUT2D eigenvalue weighted by Crippen LogP contribution is 2.18. The lowest BCUT2D eigenvalue weighted by molar-refractivity contribution is -0.136. The van der Waals surface area contributed by atoms with Gasteiger partial charge in [-0.25, -0.2) is 4.79 Å². The van der Waals surface area contributed by atoms with Crippen LogP contribution in [0.5, 0.6) is 0 Å². The van der Waals surface area contributed by atoms with Crippen molar-refractivity contribution < 1.29 is 19.1 Å². The summed E-state index contributed by atoms with van der Waals surface area (Å²) in [6.07, 6.45) is 0.441. The van der Waals surface area contributed by atoms with Crippen LogP contribution in [0.2, 0.25) is 0 Å². The summed E-state index contributed by atoms with van der Waals surface area (Å²) in [5.41, 5.74) is 0.274. The first-order valence-corrected chi connectivity index (χ1v) is 5.59. The van der Waals surface area contributed by atoms with Crippen molar-refractivity contribution in [2.45, 2.75) is 6.42 Å². The number of carboxylic acid groups (broad SMARTS) is 1. The molecule has 6 heteroatoms. The van der Waals surface area contributed by atoms with Gasteiger partial charge in [0.15, 0.2) is 6.29 Å². The number of aldehydes is 1. The van der Waals surface area contributed by atoms with Gasteiger partial charge >= 0.3 is 11.6 Å². The van der Waals surface area contributed by atoms with Crippen LogP contribution in [0, 0.1) is 0 Å². The SMILES string of the molecule is O=Cc1cc2ccc(NCCC(=O)O)cc2oc1=O. The van der Waals surface area contributed by atoms with E-state index in [1.165, 1.54) is 6.07 Å². The van der Waals surface area contributed by atoms with Crippen LogP contribution < -0.4 is 10.9 Å². The first-order valence-electron chi connectivity index (χ1n) is 5.59. The van der Waals surface area contributed by atoms with Crippen molar-refractivity contribution >= 4 is 28.9 Å². The van der Waals surface area contributed by atoms with Crippen LogP contribution in [0.15, 0.2) is 33.5 Å². The Morgan fingerprint density at radius 2 is 2.16 bits per heavy atom. The van der Waals surface area contributed by atoms with Crippen LogP contribution in [0.1, 0.15) is 16.8 Å². The van der Waals surface area contributed by atoms with Crippen molar-refractivity contribution in [3.05, 3.63) is 40.2 Å². The number of carboxylic acids is 1. The molecule has 1 aromatic heterocycles. The average Bonchev–Trinajstić information content (AvgIpc) is 2.37. The summed E-state index contributed by atoms with van der Waals surface area (Å²) in [5, 5.41) is 12.1. The van der Waals surface area contributed by atoms with Crippen molar-refractivity contribution in [1.29, 1.82) is 0 Å². The van der Waals surface area contributed by atoms with Crippen LogP contribution in [0.25, 0.3) is 11.0 Å². The maximum Gasteiger partial charge on any atom is 0.346 e. The van der Waals surface area contributed by atoms with Crippen LogP contribution >= 0.6 is 0 Å². The Hall–Kier alpha value is -2.63. The summed E-state index contributed by atoms with van der Waals surface area (Å²) >= 11 is 0. The molecule has 0 atom stereocenters. The second-order valence-electron chi connectivity index (χ2n) is 3.93. The molecule has 2 rings (SSSR count). The number of nitrogens with one attached hydrogen (secondary N) is 1. The minimum Gasteiger partial charge on any atom is -0.481 e. The zero-order chi connectivity index (χ0) is 13.8. The quantitative estimate of drug-likeness (QED) is 0.625. The van der Waals surface area contributed by atoms with E-state index in [1.807, 2.05) is 0 Å². The van der Waals surface area contributed by atoms with E-state index in [-0.39, 0.29) is 18.5 Å². The fraction of sp³-hybridized carbons (Fsp3) is 0.154. The number of hydrogen-bond donors (Lipinski definition) is 2. The van der Waals surface area contributed by atoms with Gasteiger partial charge in [-0.05, 0) is 18.2 Å². The predicted molar refractivity (Wildman–Crippen MR) is 68.6 cm³/mol. The van der Waals surface area contributed by atoms with Gasteiger partial charge in [-0.2, -0.15) is 0 Å². The molecule has 0 aliphatic carbocycles. The minimum atomic E-state index is -0.893. The highest BCUT2D eigenvalue weighted by molar-refractivity contribution is 5.86. The molecule has 6 nitrogen and oxygen atoms in total. The molecule has 0 spiro atoms. The lowest BCUT2D eigenvalue weighted by Crippen LogP contribution is -2.08. The number of carbonyl (C=O) groups is 2. The molecule has 0 aliphatic rings. The lowest BCUT2D eigenvalue weighted by Gasteiger charge is -2.05. The van der Waals surface area contributed by atoms with Crippen molar-refractivity contribution in [2.75, 3.05) is 11.9 Å². The molecule has 19 heavy (non-hydrogen) atoms. The Labute approximate surface area is 107 Å². The third kappa shape index (κ3) is 2.98. The van der Waals surface area contributed by atoms with E-state index in [0.717, 1.165) is 0 Å². The van der Waals surface area contributed by atoms with E-state index >= 15 is 0 Å². The average molecular weight is 261 g/mol. The predicted octanol–water partition coefficient (Wildman–Crippen LogP) is 1.49. The normalized spacial score (nSPS) is 10.3. The number of benzene rings is 1. The highest BCUT2D eigenvalue weighted by atomic mass is 16.4. The molecule has 0 radical (unpaired) electrons. The third-order valence-corrected chi connectivity index (χ3v) is 2.56. The van der Waals surface area contributed by atoms with Gasteiger partial charge in [0.2, 0.25) is 0 Å². The Morgan fingerprint density at radius 1 is 1.37 bits per heavy atom. The van der Waals surface area contributed by atoms with Crippen LogP contribution in [0.4, 0.5) is 5.69 Å². The maximum atomic E-state index is 11.4. The molecule has 1 aromatic carbocycles. The number of anilines is 1. The van der Waals surface area contributed by atoms with Gasteiger partial charge < -0.3 is 14.8 Å². The summed E-state index contributed by atoms with van der Waals surface area (Å²) in [6.45, 7) is 0.275. The molecular weight excluding hydrogens is 250 g/mol. The van der Waals surface area contributed by atoms with Gasteiger partial charge in [0.1, 0.15) is 11.1 Å². The standard InChI is InChI=1S/C13H11NO5/c15-7-9-5-8-1-2-10(14-4-3-12(16)17)6-11(8)19-13(9)18/h1-2,5-7,14H,3-4H2,(H,16,17). The second kappa shape index (κ2) is 5.34. The van der Waals surface area contributed by atoms with E-state index in [4.69, 9.17) is 9.52 Å². The van der Waals surface area contributed by atoms with E-state index in [2.05, 4.69) is 5.32 Å². The fourth-order valence-corrected chi connectivity index (χ4v) is 1.63. The van der Waals surface area contributed by atoms with Gasteiger partial charge in [0, 0.05) is 23.7 Å². The summed E-state index contributed by atoms with van der Waals surface area (Å²) in [7, 11) is 0. The Morgan fingerprint density at radius 3 is 2.84 bits per heavy atom. The molecule has 0 bridgehead atoms. The first-order chi connectivity index (χ1) is 9.10. The Bertz CT molecular complexity index is 689. The second-order valence-corrected chi connectivity index (χ2v) is 3.93. The van der Waals surface area contributed by atoms with Gasteiger partial charge in [-0.3, -0.25) is 9.59 Å². The summed E-state index contributed by atoms with van der Waals surface area (Å²) in [4.78, 5) is 32.4. The monoisotopic (exact) mass is 261 g/mol. The number of hydrogen-bond acceptors (Lipinski definition) is 5.